The van der Waals surface area contributed by atoms with Gasteiger partial charge in [0.2, 0.25) is 0 Å². The first-order valence-electron chi connectivity index (χ1n) is 6.98. The minimum absolute atomic E-state index is 0.134. The van der Waals surface area contributed by atoms with Gasteiger partial charge in [0, 0.05) is 26.2 Å². The van der Waals surface area contributed by atoms with Crippen LogP contribution in [0, 0.1) is 5.92 Å². The number of rotatable bonds is 7. The summed E-state index contributed by atoms with van der Waals surface area (Å²) in [7, 11) is 3.96. The van der Waals surface area contributed by atoms with Crippen molar-refractivity contribution < 1.29 is 19.4 Å². The number of hydrogen-bond donors (Lipinski definition) is 2. The molecular formula is C13H25N3O4. The van der Waals surface area contributed by atoms with Crippen molar-refractivity contribution in [3.8, 4) is 0 Å². The molecule has 0 aromatic carbocycles. The molecule has 2 amide bonds. The van der Waals surface area contributed by atoms with Crippen molar-refractivity contribution in [1.29, 1.82) is 0 Å². The largest absolute Gasteiger partial charge is 0.481 e. The molecule has 0 aromatic rings. The smallest absolute Gasteiger partial charge is 0.317 e. The van der Waals surface area contributed by atoms with Crippen LogP contribution < -0.4 is 5.32 Å². The second-order valence-electron chi connectivity index (χ2n) is 5.25. The second kappa shape index (κ2) is 8.76. The second-order valence-corrected chi connectivity index (χ2v) is 5.25. The van der Waals surface area contributed by atoms with Crippen LogP contribution in [0.25, 0.3) is 0 Å². The fourth-order valence-corrected chi connectivity index (χ4v) is 2.02. The normalized spacial score (nSPS) is 16.4. The predicted octanol–water partition coefficient (Wildman–Crippen LogP) is 0.0708. The van der Waals surface area contributed by atoms with Crippen molar-refractivity contribution in [1.82, 2.24) is 15.1 Å². The lowest BCUT2D eigenvalue weighted by Gasteiger charge is -2.30. The lowest BCUT2D eigenvalue weighted by molar-refractivity contribution is -0.143. The van der Waals surface area contributed by atoms with Gasteiger partial charge in [-0.3, -0.25) is 4.79 Å². The molecule has 1 fully saturated rings. The van der Waals surface area contributed by atoms with E-state index in [4.69, 9.17) is 9.84 Å². The first-order valence-corrected chi connectivity index (χ1v) is 6.98. The molecule has 20 heavy (non-hydrogen) atoms. The third kappa shape index (κ3) is 6.21. The molecule has 0 aliphatic carbocycles. The van der Waals surface area contributed by atoms with E-state index < -0.39 is 5.97 Å². The SMILES string of the molecule is CN(C)CCOCCNC(=O)N1CCC(C(=O)O)CC1. The van der Waals surface area contributed by atoms with Crippen molar-refractivity contribution in [2.24, 2.45) is 5.92 Å². The lowest BCUT2D eigenvalue weighted by atomic mass is 9.97. The van der Waals surface area contributed by atoms with Crippen LogP contribution >= 0.6 is 0 Å². The Balaban J connectivity index is 2.07. The number of nitrogens with zero attached hydrogens (tertiary/aromatic N) is 2. The van der Waals surface area contributed by atoms with Crippen molar-refractivity contribution in [2.45, 2.75) is 12.8 Å². The Morgan fingerprint density at radius 2 is 1.95 bits per heavy atom. The van der Waals surface area contributed by atoms with E-state index in [0.717, 1.165) is 6.54 Å². The molecule has 116 valence electrons. The highest BCUT2D eigenvalue weighted by Gasteiger charge is 2.26. The molecule has 0 unspecified atom stereocenters. The fraction of sp³-hybridized carbons (Fsp3) is 0.846. The van der Waals surface area contributed by atoms with Gasteiger partial charge >= 0.3 is 12.0 Å². The zero-order valence-corrected chi connectivity index (χ0v) is 12.3. The molecular weight excluding hydrogens is 262 g/mol. The van der Waals surface area contributed by atoms with Gasteiger partial charge in [0.15, 0.2) is 0 Å². The van der Waals surface area contributed by atoms with E-state index >= 15 is 0 Å². The molecule has 1 rings (SSSR count). The van der Waals surface area contributed by atoms with Crippen LogP contribution in [-0.4, -0.2) is 80.4 Å². The van der Waals surface area contributed by atoms with E-state index in [1.165, 1.54) is 0 Å². The summed E-state index contributed by atoms with van der Waals surface area (Å²) in [4.78, 5) is 26.3. The molecule has 1 aliphatic rings. The number of carbonyl (C=O) groups is 2. The van der Waals surface area contributed by atoms with Gasteiger partial charge in [0.05, 0.1) is 19.1 Å². The summed E-state index contributed by atoms with van der Waals surface area (Å²) in [6, 6.07) is -0.134. The summed E-state index contributed by atoms with van der Waals surface area (Å²) in [6.45, 7) is 3.48. The van der Waals surface area contributed by atoms with Gasteiger partial charge in [-0.25, -0.2) is 4.79 Å². The Bertz CT molecular complexity index is 315. The molecule has 0 saturated carbocycles. The molecule has 1 aliphatic heterocycles. The topological polar surface area (TPSA) is 82.1 Å². The number of ether oxygens (including phenoxy) is 1. The van der Waals surface area contributed by atoms with Gasteiger partial charge in [-0.05, 0) is 26.9 Å². The summed E-state index contributed by atoms with van der Waals surface area (Å²) in [5.74, 6) is -1.08. The van der Waals surface area contributed by atoms with Gasteiger partial charge in [0.25, 0.3) is 0 Å². The Morgan fingerprint density at radius 1 is 1.30 bits per heavy atom. The lowest BCUT2D eigenvalue weighted by Crippen LogP contribution is -2.46. The number of likely N-dealkylation sites (tertiary alicyclic amines) is 1. The summed E-state index contributed by atoms with van der Waals surface area (Å²) in [5.41, 5.74) is 0. The van der Waals surface area contributed by atoms with Crippen LogP contribution in [0.1, 0.15) is 12.8 Å². The van der Waals surface area contributed by atoms with E-state index in [9.17, 15) is 9.59 Å². The van der Waals surface area contributed by atoms with Gasteiger partial charge in [-0.1, -0.05) is 0 Å². The Hall–Kier alpha value is -1.34. The van der Waals surface area contributed by atoms with E-state index in [2.05, 4.69) is 5.32 Å². The third-order valence-corrected chi connectivity index (χ3v) is 3.34. The van der Waals surface area contributed by atoms with E-state index in [-0.39, 0.29) is 11.9 Å². The predicted molar refractivity (Wildman–Crippen MR) is 74.7 cm³/mol. The highest BCUT2D eigenvalue weighted by atomic mass is 16.5. The van der Waals surface area contributed by atoms with Gasteiger partial charge in [0.1, 0.15) is 0 Å². The van der Waals surface area contributed by atoms with Crippen LogP contribution in [0.3, 0.4) is 0 Å². The maximum atomic E-state index is 11.8. The van der Waals surface area contributed by atoms with Gasteiger partial charge < -0.3 is 25.0 Å². The summed E-state index contributed by atoms with van der Waals surface area (Å²) in [5, 5.41) is 11.7. The van der Waals surface area contributed by atoms with Crippen molar-refractivity contribution >= 4 is 12.0 Å². The number of hydrogen-bond acceptors (Lipinski definition) is 4. The van der Waals surface area contributed by atoms with E-state index in [1.54, 1.807) is 4.90 Å². The number of carboxylic acid groups (broad SMARTS) is 1. The van der Waals surface area contributed by atoms with Crippen molar-refractivity contribution in [2.75, 3.05) is 53.5 Å². The number of nitrogens with one attached hydrogen (secondary N) is 1. The summed E-state index contributed by atoms with van der Waals surface area (Å²) < 4.78 is 5.38. The number of piperidine rings is 1. The zero-order chi connectivity index (χ0) is 15.0. The molecule has 0 spiro atoms. The molecule has 0 bridgehead atoms. The highest BCUT2D eigenvalue weighted by molar-refractivity contribution is 5.75. The van der Waals surface area contributed by atoms with Crippen LogP contribution in [0.15, 0.2) is 0 Å². The van der Waals surface area contributed by atoms with E-state index in [0.29, 0.717) is 45.7 Å². The third-order valence-electron chi connectivity index (χ3n) is 3.34. The number of urea groups is 1. The molecule has 0 radical (unpaired) electrons. The minimum atomic E-state index is -0.764. The van der Waals surface area contributed by atoms with Crippen LogP contribution in [0.4, 0.5) is 4.79 Å². The van der Waals surface area contributed by atoms with E-state index in [1.807, 2.05) is 19.0 Å². The molecule has 1 saturated heterocycles. The summed E-state index contributed by atoms with van der Waals surface area (Å²) >= 11 is 0. The van der Waals surface area contributed by atoms with Crippen molar-refractivity contribution in [3.63, 3.8) is 0 Å². The average molecular weight is 287 g/mol. The zero-order valence-electron chi connectivity index (χ0n) is 12.3. The maximum Gasteiger partial charge on any atom is 0.317 e. The summed E-state index contributed by atoms with van der Waals surface area (Å²) in [6.07, 6.45) is 1.06. The number of carbonyl (C=O) groups excluding carboxylic acids is 1. The monoisotopic (exact) mass is 287 g/mol. The number of aliphatic carboxylic acids is 1. The first-order chi connectivity index (χ1) is 9.50. The standard InChI is InChI=1S/C13H25N3O4/c1-15(2)8-10-20-9-5-14-13(19)16-6-3-11(4-7-16)12(17)18/h11H,3-10H2,1-2H3,(H,14,19)(H,17,18). The molecule has 0 atom stereocenters. The van der Waals surface area contributed by atoms with Crippen LogP contribution in [0.5, 0.6) is 0 Å². The van der Waals surface area contributed by atoms with Gasteiger partial charge in [-0.15, -0.1) is 0 Å². The Labute approximate surface area is 119 Å². The van der Waals surface area contributed by atoms with Crippen LogP contribution in [0.2, 0.25) is 0 Å². The van der Waals surface area contributed by atoms with Crippen LogP contribution in [-0.2, 0) is 9.53 Å². The minimum Gasteiger partial charge on any atom is -0.481 e. The maximum absolute atomic E-state index is 11.8. The average Bonchev–Trinajstić information content (AvgIpc) is 2.42. The molecule has 2 N–H and O–H groups in total. The quantitative estimate of drug-likeness (QED) is 0.648. The molecule has 0 aromatic heterocycles. The Morgan fingerprint density at radius 3 is 2.50 bits per heavy atom. The van der Waals surface area contributed by atoms with Crippen molar-refractivity contribution in [3.05, 3.63) is 0 Å². The highest BCUT2D eigenvalue weighted by Crippen LogP contribution is 2.16. The first kappa shape index (κ1) is 16.7. The Kier molecular flexibility index (Phi) is 7.32. The number of carboxylic acids is 1. The molecule has 7 nitrogen and oxygen atoms in total. The molecule has 7 heteroatoms. The number of likely N-dealkylation sites (N-methyl/N-ethyl adjacent to an activating group) is 1. The molecule has 1 heterocycles. The van der Waals surface area contributed by atoms with Gasteiger partial charge in [-0.2, -0.15) is 0 Å². The number of amides is 2. The fourth-order valence-electron chi connectivity index (χ4n) is 2.02.